The van der Waals surface area contributed by atoms with Crippen LogP contribution in [0.4, 0.5) is 0 Å². The molecule has 0 radical (unpaired) electrons. The summed E-state index contributed by atoms with van der Waals surface area (Å²) >= 11 is 0. The van der Waals surface area contributed by atoms with Crippen molar-refractivity contribution >= 4 is 0 Å². The molecule has 0 aliphatic carbocycles. The summed E-state index contributed by atoms with van der Waals surface area (Å²) in [4.78, 5) is 4.83. The zero-order chi connectivity index (χ0) is 8.39. The molecule has 64 valence electrons. The molecule has 1 aliphatic heterocycles. The average molecular weight is 165 g/mol. The quantitative estimate of drug-likeness (QED) is 0.641. The van der Waals surface area contributed by atoms with Crippen molar-refractivity contribution in [2.75, 3.05) is 6.54 Å². The maximum atomic E-state index is 9.36. The van der Waals surface area contributed by atoms with Crippen molar-refractivity contribution in [3.8, 4) is 0 Å². The molecule has 3 heteroatoms. The first-order chi connectivity index (χ1) is 5.88. The van der Waals surface area contributed by atoms with Crippen molar-refractivity contribution in [2.24, 2.45) is 0 Å². The lowest BCUT2D eigenvalue weighted by atomic mass is 10.00. The number of nitrogens with one attached hydrogen (secondary N) is 1. The lowest BCUT2D eigenvalue weighted by molar-refractivity contribution is -0.106. The van der Waals surface area contributed by atoms with Crippen molar-refractivity contribution in [2.45, 2.75) is 12.2 Å². The summed E-state index contributed by atoms with van der Waals surface area (Å²) in [5.41, 5.74) is 3.78. The maximum absolute atomic E-state index is 9.36. The summed E-state index contributed by atoms with van der Waals surface area (Å²) in [5.74, 6) is 0.0613. The molecule has 0 amide bonds. The van der Waals surface area contributed by atoms with Crippen LogP contribution in [0.1, 0.15) is 11.5 Å². The van der Waals surface area contributed by atoms with Crippen molar-refractivity contribution in [3.63, 3.8) is 0 Å². The molecule has 0 bridgehead atoms. The first kappa shape index (κ1) is 7.73. The van der Waals surface area contributed by atoms with Gasteiger partial charge in [0, 0.05) is 6.54 Å². The van der Waals surface area contributed by atoms with Gasteiger partial charge in [-0.05, 0) is 5.56 Å². The fourth-order valence-electron chi connectivity index (χ4n) is 1.39. The minimum Gasteiger partial charge on any atom is -0.366 e. The first-order valence-corrected chi connectivity index (χ1v) is 3.99. The van der Waals surface area contributed by atoms with Gasteiger partial charge in [0.2, 0.25) is 0 Å². The molecule has 1 fully saturated rings. The molecule has 0 spiro atoms. The summed E-state index contributed by atoms with van der Waals surface area (Å²) < 4.78 is 0. The summed E-state index contributed by atoms with van der Waals surface area (Å²) in [6, 6.07) is 9.86. The van der Waals surface area contributed by atoms with E-state index in [0.29, 0.717) is 6.54 Å². The Morgan fingerprint density at radius 1 is 1.33 bits per heavy atom. The molecule has 0 saturated carbocycles. The van der Waals surface area contributed by atoms with Gasteiger partial charge in [0.1, 0.15) is 0 Å². The molecule has 1 aliphatic rings. The van der Waals surface area contributed by atoms with E-state index in [2.05, 4.69) is 5.48 Å². The molecular weight excluding hydrogens is 154 g/mol. The predicted octanol–water partition coefficient (Wildman–Crippen LogP) is 0.623. The molecule has 3 nitrogen and oxygen atoms in total. The van der Waals surface area contributed by atoms with Crippen LogP contribution in [-0.4, -0.2) is 17.9 Å². The predicted molar refractivity (Wildman–Crippen MR) is 44.3 cm³/mol. The van der Waals surface area contributed by atoms with Crippen molar-refractivity contribution in [3.05, 3.63) is 35.9 Å². The van der Waals surface area contributed by atoms with Crippen LogP contribution in [0, 0.1) is 0 Å². The second kappa shape index (κ2) is 3.23. The monoisotopic (exact) mass is 165 g/mol. The van der Waals surface area contributed by atoms with Crippen LogP contribution in [-0.2, 0) is 4.84 Å². The standard InChI is InChI=1S/C9H11NO2/c11-9-8(6-10-12-9)7-4-2-1-3-5-7/h1-5,8-11H,6H2/t8-,9+/m0/s1. The van der Waals surface area contributed by atoms with Gasteiger partial charge < -0.3 is 5.11 Å². The Hall–Kier alpha value is -0.900. The number of aliphatic hydroxyl groups is 1. The summed E-state index contributed by atoms with van der Waals surface area (Å²) in [5, 5.41) is 9.36. The molecule has 12 heavy (non-hydrogen) atoms. The lowest BCUT2D eigenvalue weighted by Crippen LogP contribution is -2.14. The van der Waals surface area contributed by atoms with Gasteiger partial charge in [-0.2, -0.15) is 5.48 Å². The Balaban J connectivity index is 2.19. The third-order valence-electron chi connectivity index (χ3n) is 2.08. The Morgan fingerprint density at radius 3 is 2.67 bits per heavy atom. The average Bonchev–Trinajstić information content (AvgIpc) is 2.53. The lowest BCUT2D eigenvalue weighted by Gasteiger charge is -2.10. The van der Waals surface area contributed by atoms with E-state index in [9.17, 15) is 5.11 Å². The van der Waals surface area contributed by atoms with Crippen LogP contribution in [0.15, 0.2) is 30.3 Å². The summed E-state index contributed by atoms with van der Waals surface area (Å²) in [6.45, 7) is 0.672. The van der Waals surface area contributed by atoms with Gasteiger partial charge in [-0.1, -0.05) is 30.3 Å². The van der Waals surface area contributed by atoms with Gasteiger partial charge in [0.15, 0.2) is 6.29 Å². The van der Waals surface area contributed by atoms with Crippen molar-refractivity contribution < 1.29 is 9.94 Å². The summed E-state index contributed by atoms with van der Waals surface area (Å²) in [6.07, 6.45) is -0.715. The smallest absolute Gasteiger partial charge is 0.182 e. The normalized spacial score (nSPS) is 29.1. The Kier molecular flexibility index (Phi) is 2.08. The van der Waals surface area contributed by atoms with Crippen molar-refractivity contribution in [1.29, 1.82) is 0 Å². The minimum atomic E-state index is -0.715. The highest BCUT2D eigenvalue weighted by atomic mass is 16.7. The van der Waals surface area contributed by atoms with E-state index in [1.165, 1.54) is 0 Å². The molecule has 1 aromatic rings. The van der Waals surface area contributed by atoms with Gasteiger partial charge >= 0.3 is 0 Å². The molecule has 0 unspecified atom stereocenters. The van der Waals surface area contributed by atoms with E-state index in [0.717, 1.165) is 5.56 Å². The SMILES string of the molecule is O[C@@H]1ONC[C@H]1c1ccccc1. The Bertz CT molecular complexity index is 250. The van der Waals surface area contributed by atoms with Crippen LogP contribution in [0.2, 0.25) is 0 Å². The highest BCUT2D eigenvalue weighted by Gasteiger charge is 2.27. The number of aliphatic hydroxyl groups excluding tert-OH is 1. The molecular formula is C9H11NO2. The van der Waals surface area contributed by atoms with Gasteiger partial charge in [-0.25, -0.2) is 0 Å². The van der Waals surface area contributed by atoms with E-state index < -0.39 is 6.29 Å². The third kappa shape index (κ3) is 1.34. The summed E-state index contributed by atoms with van der Waals surface area (Å²) in [7, 11) is 0. The van der Waals surface area contributed by atoms with Gasteiger partial charge in [-0.3, -0.25) is 4.84 Å². The minimum absolute atomic E-state index is 0.0613. The number of hydrogen-bond acceptors (Lipinski definition) is 3. The highest BCUT2D eigenvalue weighted by molar-refractivity contribution is 5.20. The number of hydrogen-bond donors (Lipinski definition) is 2. The largest absolute Gasteiger partial charge is 0.366 e. The van der Waals surface area contributed by atoms with Crippen LogP contribution >= 0.6 is 0 Å². The van der Waals surface area contributed by atoms with E-state index in [1.807, 2.05) is 30.3 Å². The molecule has 2 N–H and O–H groups in total. The van der Waals surface area contributed by atoms with Gasteiger partial charge in [0.05, 0.1) is 5.92 Å². The molecule has 0 aromatic heterocycles. The zero-order valence-corrected chi connectivity index (χ0v) is 6.60. The van der Waals surface area contributed by atoms with Crippen LogP contribution < -0.4 is 5.48 Å². The Morgan fingerprint density at radius 2 is 2.08 bits per heavy atom. The Labute approximate surface area is 70.9 Å². The zero-order valence-electron chi connectivity index (χ0n) is 6.60. The third-order valence-corrected chi connectivity index (χ3v) is 2.08. The second-order valence-corrected chi connectivity index (χ2v) is 2.87. The van der Waals surface area contributed by atoms with Gasteiger partial charge in [-0.15, -0.1) is 0 Å². The van der Waals surface area contributed by atoms with E-state index >= 15 is 0 Å². The van der Waals surface area contributed by atoms with Crippen LogP contribution in [0.25, 0.3) is 0 Å². The fraction of sp³-hybridized carbons (Fsp3) is 0.333. The molecule has 2 atom stereocenters. The van der Waals surface area contributed by atoms with Gasteiger partial charge in [0.25, 0.3) is 0 Å². The number of benzene rings is 1. The fourth-order valence-corrected chi connectivity index (χ4v) is 1.39. The van der Waals surface area contributed by atoms with E-state index in [1.54, 1.807) is 0 Å². The molecule has 1 heterocycles. The number of rotatable bonds is 1. The van der Waals surface area contributed by atoms with Crippen LogP contribution in [0.5, 0.6) is 0 Å². The highest BCUT2D eigenvalue weighted by Crippen LogP contribution is 2.22. The van der Waals surface area contributed by atoms with Crippen LogP contribution in [0.3, 0.4) is 0 Å². The van der Waals surface area contributed by atoms with E-state index in [4.69, 9.17) is 4.84 Å². The van der Waals surface area contributed by atoms with E-state index in [-0.39, 0.29) is 5.92 Å². The molecule has 2 rings (SSSR count). The second-order valence-electron chi connectivity index (χ2n) is 2.87. The molecule has 1 aromatic carbocycles. The number of hydroxylamine groups is 1. The topological polar surface area (TPSA) is 41.5 Å². The first-order valence-electron chi connectivity index (χ1n) is 3.99. The molecule has 1 saturated heterocycles. The maximum Gasteiger partial charge on any atom is 0.182 e. The van der Waals surface area contributed by atoms with Crippen molar-refractivity contribution in [1.82, 2.24) is 5.48 Å².